The number of hydrogen-bond acceptors (Lipinski definition) is 4. The third-order valence-corrected chi connectivity index (χ3v) is 2.37. The summed E-state index contributed by atoms with van der Waals surface area (Å²) >= 11 is 0. The van der Waals surface area contributed by atoms with Gasteiger partial charge in [-0.2, -0.15) is 0 Å². The second-order valence-corrected chi connectivity index (χ2v) is 3.67. The Bertz CT molecular complexity index is 412. The predicted octanol–water partition coefficient (Wildman–Crippen LogP) is 0.857. The number of ether oxygens (including phenoxy) is 2. The monoisotopic (exact) mass is 234 g/mol. The van der Waals surface area contributed by atoms with E-state index in [1.807, 2.05) is 0 Å². The van der Waals surface area contributed by atoms with Crippen LogP contribution in [0.2, 0.25) is 0 Å². The van der Waals surface area contributed by atoms with Gasteiger partial charge in [0.25, 0.3) is 5.91 Å². The molecule has 17 heavy (non-hydrogen) atoms. The van der Waals surface area contributed by atoms with Crippen LogP contribution in [0.5, 0.6) is 5.75 Å². The zero-order valence-electron chi connectivity index (χ0n) is 9.33. The van der Waals surface area contributed by atoms with Gasteiger partial charge >= 0.3 is 0 Å². The van der Waals surface area contributed by atoms with Crippen LogP contribution in [0.3, 0.4) is 0 Å². The summed E-state index contributed by atoms with van der Waals surface area (Å²) in [5, 5.41) is 1.03. The van der Waals surface area contributed by atoms with Crippen molar-refractivity contribution in [3.8, 4) is 5.75 Å². The number of carbonyl (C=O) groups is 1. The van der Waals surface area contributed by atoms with E-state index < -0.39 is 0 Å². The first kappa shape index (κ1) is 11.6. The van der Waals surface area contributed by atoms with E-state index in [9.17, 15) is 4.79 Å². The Kier molecular flexibility index (Phi) is 3.41. The number of anilines is 1. The predicted molar refractivity (Wildman–Crippen MR) is 63.5 cm³/mol. The molecule has 1 amide bonds. The quantitative estimate of drug-likeness (QED) is 0.270. The number of nitrogens with two attached hydrogens (primary N) is 1. The molecule has 0 spiro atoms. The minimum absolute atomic E-state index is 0.225. The third kappa shape index (κ3) is 3.05. The molecule has 5 heteroatoms. The van der Waals surface area contributed by atoms with Crippen LogP contribution in [0.15, 0.2) is 36.9 Å². The highest BCUT2D eigenvalue weighted by Gasteiger charge is 2.23. The molecule has 0 aliphatic carbocycles. The maximum Gasteiger partial charge on any atom is 0.264 e. The third-order valence-electron chi connectivity index (χ3n) is 2.37. The minimum Gasteiger partial charge on any atom is -0.491 e. The molecule has 1 aliphatic heterocycles. The van der Waals surface area contributed by atoms with E-state index in [1.54, 1.807) is 24.3 Å². The second kappa shape index (κ2) is 4.99. The standard InChI is InChI=1S/C12H14N2O3/c1-2-12(15)14(13)9-3-5-10(6-4-9)16-7-11-8-17-11/h2-6,11H,1,7-8,13H2. The van der Waals surface area contributed by atoms with E-state index >= 15 is 0 Å². The van der Waals surface area contributed by atoms with E-state index in [-0.39, 0.29) is 12.0 Å². The first-order valence-corrected chi connectivity index (χ1v) is 5.26. The topological polar surface area (TPSA) is 68.1 Å². The largest absolute Gasteiger partial charge is 0.491 e. The molecule has 1 aromatic carbocycles. The summed E-state index contributed by atoms with van der Waals surface area (Å²) in [6.45, 7) is 4.69. The van der Waals surface area contributed by atoms with E-state index in [4.69, 9.17) is 15.3 Å². The first-order chi connectivity index (χ1) is 8.20. The minimum atomic E-state index is -0.356. The van der Waals surface area contributed by atoms with Gasteiger partial charge in [0.15, 0.2) is 0 Å². The van der Waals surface area contributed by atoms with Crippen molar-refractivity contribution in [3.63, 3.8) is 0 Å². The molecule has 0 radical (unpaired) electrons. The fourth-order valence-electron chi connectivity index (χ4n) is 1.28. The molecule has 2 rings (SSSR count). The Morgan fingerprint density at radius 3 is 2.76 bits per heavy atom. The maximum absolute atomic E-state index is 11.3. The van der Waals surface area contributed by atoms with Gasteiger partial charge in [-0.25, -0.2) is 10.9 Å². The number of hydrogen-bond donors (Lipinski definition) is 1. The lowest BCUT2D eigenvalue weighted by Gasteiger charge is -2.14. The van der Waals surface area contributed by atoms with Crippen LogP contribution in [-0.4, -0.2) is 25.2 Å². The number of amides is 1. The molecule has 1 saturated heterocycles. The zero-order chi connectivity index (χ0) is 12.3. The normalized spacial score (nSPS) is 17.4. The van der Waals surface area contributed by atoms with E-state index in [1.165, 1.54) is 0 Å². The van der Waals surface area contributed by atoms with Gasteiger partial charge in [-0.3, -0.25) is 4.79 Å². The van der Waals surface area contributed by atoms with Gasteiger partial charge in [0.1, 0.15) is 18.5 Å². The molecule has 1 heterocycles. The van der Waals surface area contributed by atoms with Crippen LogP contribution in [0.1, 0.15) is 0 Å². The molecule has 1 unspecified atom stereocenters. The molecule has 1 fully saturated rings. The van der Waals surface area contributed by atoms with Crippen molar-refractivity contribution < 1.29 is 14.3 Å². The highest BCUT2D eigenvalue weighted by molar-refractivity contribution is 6.00. The summed E-state index contributed by atoms with van der Waals surface area (Å²) in [6.07, 6.45) is 1.39. The maximum atomic E-state index is 11.3. The second-order valence-electron chi connectivity index (χ2n) is 3.67. The van der Waals surface area contributed by atoms with Crippen molar-refractivity contribution in [3.05, 3.63) is 36.9 Å². The Hall–Kier alpha value is -1.85. The number of rotatable bonds is 5. The fourth-order valence-corrected chi connectivity index (χ4v) is 1.28. The van der Waals surface area contributed by atoms with Crippen LogP contribution in [0.25, 0.3) is 0 Å². The number of carbonyl (C=O) groups excluding carboxylic acids is 1. The first-order valence-electron chi connectivity index (χ1n) is 5.26. The van der Waals surface area contributed by atoms with E-state index in [2.05, 4.69) is 6.58 Å². The zero-order valence-corrected chi connectivity index (χ0v) is 9.33. The highest BCUT2D eigenvalue weighted by Crippen LogP contribution is 2.19. The van der Waals surface area contributed by atoms with Gasteiger partial charge in [-0.15, -0.1) is 0 Å². The van der Waals surface area contributed by atoms with Gasteiger partial charge in [0.05, 0.1) is 12.3 Å². The molecule has 0 aromatic heterocycles. The van der Waals surface area contributed by atoms with Crippen molar-refractivity contribution in [1.82, 2.24) is 0 Å². The summed E-state index contributed by atoms with van der Waals surface area (Å²) in [6, 6.07) is 6.94. The number of epoxide rings is 1. The van der Waals surface area contributed by atoms with Gasteiger partial charge in [-0.1, -0.05) is 6.58 Å². The molecule has 0 bridgehead atoms. The van der Waals surface area contributed by atoms with Crippen LogP contribution < -0.4 is 15.6 Å². The molecule has 1 atom stereocenters. The van der Waals surface area contributed by atoms with Gasteiger partial charge in [0.2, 0.25) is 0 Å². The summed E-state index contributed by atoms with van der Waals surface area (Å²) in [4.78, 5) is 11.3. The number of hydrazine groups is 1. The van der Waals surface area contributed by atoms with Crippen LogP contribution in [0.4, 0.5) is 5.69 Å². The van der Waals surface area contributed by atoms with Crippen molar-refractivity contribution >= 4 is 11.6 Å². The molecular weight excluding hydrogens is 220 g/mol. The molecule has 5 nitrogen and oxygen atoms in total. The Labute approximate surface area is 99.4 Å². The molecular formula is C12H14N2O3. The fraction of sp³-hybridized carbons (Fsp3) is 0.250. The molecule has 0 saturated carbocycles. The molecule has 90 valence electrons. The number of benzene rings is 1. The Morgan fingerprint density at radius 1 is 1.59 bits per heavy atom. The Balaban J connectivity index is 1.96. The average Bonchev–Trinajstić information content (AvgIpc) is 3.19. The van der Waals surface area contributed by atoms with Crippen molar-refractivity contribution in [1.29, 1.82) is 0 Å². The lowest BCUT2D eigenvalue weighted by Crippen LogP contribution is -2.35. The SMILES string of the molecule is C=CC(=O)N(N)c1ccc(OCC2CO2)cc1. The molecule has 1 aromatic rings. The van der Waals surface area contributed by atoms with Gasteiger partial charge in [-0.05, 0) is 30.3 Å². The summed E-state index contributed by atoms with van der Waals surface area (Å²) in [7, 11) is 0. The van der Waals surface area contributed by atoms with Gasteiger partial charge < -0.3 is 9.47 Å². The summed E-state index contributed by atoms with van der Waals surface area (Å²) in [5.41, 5.74) is 0.588. The van der Waals surface area contributed by atoms with Crippen molar-refractivity contribution in [2.45, 2.75) is 6.10 Å². The van der Waals surface area contributed by atoms with Crippen LogP contribution in [-0.2, 0) is 9.53 Å². The van der Waals surface area contributed by atoms with Gasteiger partial charge in [0, 0.05) is 0 Å². The molecule has 2 N–H and O–H groups in total. The smallest absolute Gasteiger partial charge is 0.264 e. The van der Waals surface area contributed by atoms with Crippen molar-refractivity contribution in [2.75, 3.05) is 18.2 Å². The number of nitrogens with zero attached hydrogens (tertiary/aromatic N) is 1. The highest BCUT2D eigenvalue weighted by atomic mass is 16.6. The van der Waals surface area contributed by atoms with E-state index in [0.717, 1.165) is 23.4 Å². The van der Waals surface area contributed by atoms with Crippen LogP contribution in [0, 0.1) is 0 Å². The van der Waals surface area contributed by atoms with Crippen molar-refractivity contribution in [2.24, 2.45) is 5.84 Å². The molecule has 1 aliphatic rings. The average molecular weight is 234 g/mol. The lowest BCUT2D eigenvalue weighted by molar-refractivity contribution is -0.114. The summed E-state index contributed by atoms with van der Waals surface area (Å²) in [5.74, 6) is 5.95. The van der Waals surface area contributed by atoms with E-state index in [0.29, 0.717) is 12.3 Å². The summed E-state index contributed by atoms with van der Waals surface area (Å²) < 4.78 is 10.5. The lowest BCUT2D eigenvalue weighted by atomic mass is 10.3. The van der Waals surface area contributed by atoms with Crippen LogP contribution >= 0.6 is 0 Å². The Morgan fingerprint density at radius 2 is 2.24 bits per heavy atom.